The second-order valence-corrected chi connectivity index (χ2v) is 7.39. The second kappa shape index (κ2) is 10.4. The molecule has 1 aromatic carbocycles. The van der Waals surface area contributed by atoms with Gasteiger partial charge in [-0.2, -0.15) is 14.5 Å². The molecule has 3 aromatic rings. The van der Waals surface area contributed by atoms with E-state index in [0.717, 1.165) is 4.68 Å². The molecular formula is C20H21Cl2N7O3. The molecule has 2 aromatic heterocycles. The van der Waals surface area contributed by atoms with E-state index in [4.69, 9.17) is 32.7 Å². The molecule has 32 heavy (non-hydrogen) atoms. The first-order valence-electron chi connectivity index (χ1n) is 9.56. The van der Waals surface area contributed by atoms with Crippen LogP contribution in [0.25, 0.3) is 5.69 Å². The minimum absolute atomic E-state index is 0.0743. The van der Waals surface area contributed by atoms with Crippen LogP contribution in [0, 0.1) is 0 Å². The van der Waals surface area contributed by atoms with E-state index >= 15 is 0 Å². The fraction of sp³-hybridized carbons (Fsp3) is 0.300. The van der Waals surface area contributed by atoms with Crippen molar-refractivity contribution in [1.29, 1.82) is 0 Å². The van der Waals surface area contributed by atoms with Crippen molar-refractivity contribution in [3.05, 3.63) is 62.2 Å². The predicted molar refractivity (Wildman–Crippen MR) is 122 cm³/mol. The summed E-state index contributed by atoms with van der Waals surface area (Å²) in [7, 11) is 3.06. The number of tetrazole rings is 1. The molecule has 0 aliphatic carbocycles. The van der Waals surface area contributed by atoms with Crippen LogP contribution < -0.4 is 10.4 Å². The molecular weight excluding hydrogens is 457 g/mol. The highest BCUT2D eigenvalue weighted by Crippen LogP contribution is 2.25. The number of methoxy groups -OCH3 is 1. The highest BCUT2D eigenvalue weighted by Gasteiger charge is 2.16. The van der Waals surface area contributed by atoms with Crippen LogP contribution in [0.4, 0.5) is 0 Å². The van der Waals surface area contributed by atoms with Crippen molar-refractivity contribution in [2.75, 3.05) is 7.11 Å². The Hall–Kier alpha value is -3.24. The number of halogens is 2. The number of nitrogens with zero attached hydrogens (tertiary/aromatic N) is 7. The van der Waals surface area contributed by atoms with Crippen LogP contribution in [-0.2, 0) is 18.4 Å². The Morgan fingerprint density at radius 1 is 1.19 bits per heavy atom. The van der Waals surface area contributed by atoms with Crippen molar-refractivity contribution < 1.29 is 9.47 Å². The van der Waals surface area contributed by atoms with Gasteiger partial charge < -0.3 is 9.47 Å². The average molecular weight is 478 g/mol. The normalized spacial score (nSPS) is 12.2. The Labute approximate surface area is 194 Å². The molecule has 0 N–H and O–H groups in total. The van der Waals surface area contributed by atoms with E-state index in [9.17, 15) is 4.79 Å². The van der Waals surface area contributed by atoms with Crippen molar-refractivity contribution >= 4 is 34.8 Å². The van der Waals surface area contributed by atoms with Gasteiger partial charge in [-0.05, 0) is 41.6 Å². The van der Waals surface area contributed by atoms with Crippen LogP contribution >= 0.6 is 23.2 Å². The number of benzene rings is 1. The van der Waals surface area contributed by atoms with Gasteiger partial charge in [-0.25, -0.2) is 9.78 Å². The number of pyridine rings is 1. The Bertz CT molecular complexity index is 1210. The fourth-order valence-electron chi connectivity index (χ4n) is 2.74. The summed E-state index contributed by atoms with van der Waals surface area (Å²) in [4.78, 5) is 16.5. The Morgan fingerprint density at radius 3 is 2.59 bits per heavy atom. The topological polar surface area (TPSA) is 109 Å². The van der Waals surface area contributed by atoms with Gasteiger partial charge in [0.1, 0.15) is 17.5 Å². The summed E-state index contributed by atoms with van der Waals surface area (Å²) >= 11 is 12.0. The maximum atomic E-state index is 12.3. The molecule has 0 spiro atoms. The zero-order valence-electron chi connectivity index (χ0n) is 17.9. The number of hydrogen-bond acceptors (Lipinski definition) is 8. The first-order valence-corrected chi connectivity index (χ1v) is 10.3. The predicted octanol–water partition coefficient (Wildman–Crippen LogP) is 3.43. The van der Waals surface area contributed by atoms with Crippen molar-refractivity contribution in [3.8, 4) is 11.4 Å². The van der Waals surface area contributed by atoms with Crippen LogP contribution in [0.5, 0.6) is 5.75 Å². The third-order valence-corrected chi connectivity index (χ3v) is 4.82. The van der Waals surface area contributed by atoms with Gasteiger partial charge >= 0.3 is 5.69 Å². The van der Waals surface area contributed by atoms with E-state index in [2.05, 4.69) is 25.6 Å². The van der Waals surface area contributed by atoms with Crippen molar-refractivity contribution in [2.45, 2.75) is 26.9 Å². The van der Waals surface area contributed by atoms with Crippen LogP contribution in [0.2, 0.25) is 10.2 Å². The maximum absolute atomic E-state index is 12.3. The van der Waals surface area contributed by atoms with Crippen LogP contribution in [0.15, 0.2) is 45.3 Å². The van der Waals surface area contributed by atoms with Gasteiger partial charge in [-0.3, -0.25) is 0 Å². The monoisotopic (exact) mass is 477 g/mol. The quantitative estimate of drug-likeness (QED) is 0.223. The lowest BCUT2D eigenvalue weighted by molar-refractivity contribution is 0.275. The zero-order chi connectivity index (χ0) is 23.3. The highest BCUT2D eigenvalue weighted by atomic mass is 35.5. The average Bonchev–Trinajstić information content (AvgIpc) is 3.11. The van der Waals surface area contributed by atoms with E-state index in [-0.39, 0.29) is 11.8 Å². The lowest BCUT2D eigenvalue weighted by atomic mass is 10.1. The summed E-state index contributed by atoms with van der Waals surface area (Å²) in [6, 6.07) is 8.44. The summed E-state index contributed by atoms with van der Waals surface area (Å²) in [5.74, 6) is 0.911. The number of ether oxygens (including phenoxy) is 2. The van der Waals surface area contributed by atoms with E-state index in [1.807, 2.05) is 6.92 Å². The minimum Gasteiger partial charge on any atom is -0.496 e. The van der Waals surface area contributed by atoms with Gasteiger partial charge in [0.05, 0.1) is 29.8 Å². The number of hydrogen-bond donors (Lipinski definition) is 0. The molecule has 0 aliphatic heterocycles. The Balaban J connectivity index is 1.87. The lowest BCUT2D eigenvalue weighted by Gasteiger charge is -2.14. The SMILES string of the molecule is CC/C(=N\N=C(/C)c1cc(Cl)cc(Cl)n1)OCc1c(OC)cccc1-n1nnn(C)c1=O. The standard InChI is InChI=1S/C20H21Cl2N7O3/c1-5-19(25-24-12(2)15-9-13(21)10-18(22)23-15)32-11-14-16(7-6-8-17(14)31-4)29-20(30)28(3)26-27-29/h6-10H,5,11H2,1-4H3/b24-12+,25-19+. The molecule has 0 atom stereocenters. The van der Waals surface area contributed by atoms with E-state index < -0.39 is 5.69 Å². The van der Waals surface area contributed by atoms with Gasteiger partial charge in [-0.15, -0.1) is 5.10 Å². The summed E-state index contributed by atoms with van der Waals surface area (Å²) < 4.78 is 13.6. The Kier molecular flexibility index (Phi) is 7.60. The minimum atomic E-state index is -0.392. The summed E-state index contributed by atoms with van der Waals surface area (Å²) in [6.07, 6.45) is 0.482. The van der Waals surface area contributed by atoms with E-state index in [1.54, 1.807) is 31.2 Å². The summed E-state index contributed by atoms with van der Waals surface area (Å²) in [6.45, 7) is 3.70. The molecule has 12 heteroatoms. The van der Waals surface area contributed by atoms with Crippen LogP contribution in [-0.4, -0.2) is 43.5 Å². The molecule has 0 unspecified atom stereocenters. The number of aryl methyl sites for hydroxylation is 1. The van der Waals surface area contributed by atoms with E-state index in [0.29, 0.717) is 45.7 Å². The van der Waals surface area contributed by atoms with Gasteiger partial charge in [0, 0.05) is 18.5 Å². The highest BCUT2D eigenvalue weighted by molar-refractivity contribution is 6.34. The van der Waals surface area contributed by atoms with Crippen LogP contribution in [0.3, 0.4) is 0 Å². The maximum Gasteiger partial charge on any atom is 0.368 e. The number of aromatic nitrogens is 5. The number of rotatable bonds is 7. The smallest absolute Gasteiger partial charge is 0.368 e. The fourth-order valence-corrected chi connectivity index (χ4v) is 3.21. The van der Waals surface area contributed by atoms with Gasteiger partial charge in [0.2, 0.25) is 5.90 Å². The molecule has 0 radical (unpaired) electrons. The Morgan fingerprint density at radius 2 is 1.97 bits per heavy atom. The third kappa shape index (κ3) is 5.32. The van der Waals surface area contributed by atoms with Crippen molar-refractivity contribution in [1.82, 2.24) is 24.8 Å². The molecule has 0 saturated carbocycles. The second-order valence-electron chi connectivity index (χ2n) is 6.57. The zero-order valence-corrected chi connectivity index (χ0v) is 19.4. The van der Waals surface area contributed by atoms with Crippen LogP contribution in [0.1, 0.15) is 31.5 Å². The lowest BCUT2D eigenvalue weighted by Crippen LogP contribution is -2.23. The summed E-state index contributed by atoms with van der Waals surface area (Å²) in [5.41, 5.74) is 1.75. The van der Waals surface area contributed by atoms with Gasteiger partial charge in [0.25, 0.3) is 0 Å². The van der Waals surface area contributed by atoms with Crippen molar-refractivity contribution in [3.63, 3.8) is 0 Å². The van der Waals surface area contributed by atoms with E-state index in [1.165, 1.54) is 24.9 Å². The molecule has 10 nitrogen and oxygen atoms in total. The molecule has 2 heterocycles. The molecule has 0 bridgehead atoms. The molecule has 0 amide bonds. The molecule has 0 fully saturated rings. The third-order valence-electron chi connectivity index (χ3n) is 4.40. The van der Waals surface area contributed by atoms with Gasteiger partial charge in [0.15, 0.2) is 0 Å². The molecule has 0 aliphatic rings. The molecule has 0 saturated heterocycles. The van der Waals surface area contributed by atoms with Crippen molar-refractivity contribution in [2.24, 2.45) is 17.3 Å². The largest absolute Gasteiger partial charge is 0.496 e. The first-order chi connectivity index (χ1) is 15.3. The first kappa shape index (κ1) is 23.4. The van der Waals surface area contributed by atoms with Gasteiger partial charge in [-0.1, -0.05) is 36.2 Å². The summed E-state index contributed by atoms with van der Waals surface area (Å²) in [5, 5.41) is 16.8. The molecule has 168 valence electrons. The molecule has 3 rings (SSSR count).